The van der Waals surface area contributed by atoms with Crippen LogP contribution in [0.3, 0.4) is 0 Å². The molecule has 0 spiro atoms. The monoisotopic (exact) mass is 731 g/mol. The Hall–Kier alpha value is -6.13. The Bertz CT molecular complexity index is 2100. The van der Waals surface area contributed by atoms with E-state index in [1.54, 1.807) is 42.3 Å². The minimum atomic E-state index is -1.38. The lowest BCUT2D eigenvalue weighted by atomic mass is 9.91. The van der Waals surface area contributed by atoms with E-state index in [2.05, 4.69) is 50.5 Å². The van der Waals surface area contributed by atoms with Crippen molar-refractivity contribution >= 4 is 46.6 Å². The zero-order valence-corrected chi connectivity index (χ0v) is 29.5. The molecule has 6 atom stereocenters. The van der Waals surface area contributed by atoms with Gasteiger partial charge in [0.05, 0.1) is 30.3 Å². The first-order chi connectivity index (χ1) is 26.2. The quantitative estimate of drug-likeness (QED) is 0.115. The Labute approximate surface area is 310 Å². The number of urea groups is 2. The second kappa shape index (κ2) is 14.7. The Morgan fingerprint density at radius 3 is 2.35 bits per heavy atom. The van der Waals surface area contributed by atoms with Crippen molar-refractivity contribution < 1.29 is 24.6 Å². The summed E-state index contributed by atoms with van der Waals surface area (Å²) in [6.45, 7) is 3.05. The van der Waals surface area contributed by atoms with Gasteiger partial charge in [-0.3, -0.25) is 14.7 Å². The fourth-order valence-electron chi connectivity index (χ4n) is 7.72. The van der Waals surface area contributed by atoms with E-state index in [1.807, 2.05) is 41.3 Å². The molecule has 3 aliphatic rings. The number of carbonyl (C=O) groups excluding carboxylic acids is 3. The van der Waals surface area contributed by atoms with Crippen molar-refractivity contribution in [2.75, 3.05) is 35.2 Å². The van der Waals surface area contributed by atoms with E-state index in [-0.39, 0.29) is 24.4 Å². The summed E-state index contributed by atoms with van der Waals surface area (Å²) in [5.74, 6) is 0.387. The number of imidazole rings is 1. The van der Waals surface area contributed by atoms with E-state index >= 15 is 0 Å². The van der Waals surface area contributed by atoms with E-state index in [0.29, 0.717) is 54.7 Å². The lowest BCUT2D eigenvalue weighted by molar-refractivity contribution is -0.130. The molecule has 1 saturated carbocycles. The summed E-state index contributed by atoms with van der Waals surface area (Å²) in [4.78, 5) is 60.1. The molecule has 1 aliphatic carbocycles. The van der Waals surface area contributed by atoms with Crippen molar-refractivity contribution in [3.63, 3.8) is 0 Å². The lowest BCUT2D eigenvalue weighted by Crippen LogP contribution is -2.47. The molecular weight excluding hydrogens is 690 g/mol. The molecule has 0 bridgehead atoms. The van der Waals surface area contributed by atoms with Crippen LogP contribution in [0.2, 0.25) is 0 Å². The predicted octanol–water partition coefficient (Wildman–Crippen LogP) is 2.84. The van der Waals surface area contributed by atoms with Crippen LogP contribution in [0.1, 0.15) is 42.9 Å². The van der Waals surface area contributed by atoms with Gasteiger partial charge in [0.15, 0.2) is 17.0 Å². The average molecular weight is 732 g/mol. The number of imide groups is 1. The first-order valence-electron chi connectivity index (χ1n) is 18.1. The van der Waals surface area contributed by atoms with Crippen LogP contribution in [0.5, 0.6) is 0 Å². The third kappa shape index (κ3) is 6.76. The molecule has 2 saturated heterocycles. The Morgan fingerprint density at radius 2 is 1.69 bits per heavy atom. The van der Waals surface area contributed by atoms with Crippen molar-refractivity contribution in [1.29, 1.82) is 0 Å². The van der Waals surface area contributed by atoms with Gasteiger partial charge in [0, 0.05) is 37.8 Å². The van der Waals surface area contributed by atoms with Crippen LogP contribution in [-0.2, 0) is 4.79 Å². The number of pyridine rings is 1. The third-order valence-corrected chi connectivity index (χ3v) is 10.5. The minimum absolute atomic E-state index is 0.0271. The number of nitrogens with one attached hydrogen (secondary N) is 4. The van der Waals surface area contributed by atoms with Crippen LogP contribution in [0, 0.1) is 0 Å². The highest BCUT2D eigenvalue weighted by molar-refractivity contribution is 6.04. The number of fused-ring (bicyclic) bond motifs is 1. The molecule has 16 heteroatoms. The van der Waals surface area contributed by atoms with Crippen molar-refractivity contribution in [1.82, 2.24) is 40.0 Å². The van der Waals surface area contributed by atoms with Gasteiger partial charge in [-0.2, -0.15) is 9.97 Å². The molecule has 5 amide bonds. The van der Waals surface area contributed by atoms with Crippen LogP contribution in [0.4, 0.5) is 27.0 Å². The smallest absolute Gasteiger partial charge is 0.325 e. The van der Waals surface area contributed by atoms with Crippen molar-refractivity contribution in [3.05, 3.63) is 103 Å². The number of carbonyl (C=O) groups is 3. The van der Waals surface area contributed by atoms with Gasteiger partial charge in [-0.15, -0.1) is 0 Å². The second-order valence-corrected chi connectivity index (χ2v) is 14.0. The van der Waals surface area contributed by atoms with E-state index < -0.39 is 42.3 Å². The number of hydrogen-bond acceptors (Lipinski definition) is 11. The number of rotatable bonds is 10. The SMILES string of the molecule is C[C@@H]1NC(=O)N([C@H]2C[C@@H](n3cnc4c(NCC(c5ccccc5)c5ccccc5)nc(N5CC[C@@H](NC(=O)Nc6cccnc6)C5)nc43)[C@H](O)[C@@H]2O)C1=O. The van der Waals surface area contributed by atoms with Crippen molar-refractivity contribution in [2.45, 2.75) is 62.1 Å². The Kier molecular flexibility index (Phi) is 9.52. The fourth-order valence-corrected chi connectivity index (χ4v) is 7.72. The predicted molar refractivity (Wildman–Crippen MR) is 200 cm³/mol. The zero-order valence-electron chi connectivity index (χ0n) is 29.5. The standard InChI is InChI=1S/C38H41N11O5/c1-22-35(52)49(38(54)42-22)29-17-28(31(50)32(29)51)48-21-41-30-33(40-19-27(23-9-4-2-5-10-23)24-11-6-3-7-12-24)45-36(46-34(30)48)47-16-14-26(20-47)44-37(53)43-25-13-8-15-39-18-25/h2-13,15,18,21-22,26-29,31-32,50-51H,14,16-17,19-20H2,1H3,(H,42,54)(H,40,45,46)(H2,43,44,53)/t22-,26+,28+,29-,31-,32+/m0/s1. The van der Waals surface area contributed by atoms with Gasteiger partial charge in [0.25, 0.3) is 5.91 Å². The van der Waals surface area contributed by atoms with E-state index in [4.69, 9.17) is 15.0 Å². The molecule has 3 aromatic heterocycles. The molecule has 3 fully saturated rings. The van der Waals surface area contributed by atoms with Gasteiger partial charge in [-0.1, -0.05) is 60.7 Å². The number of benzene rings is 2. The molecule has 2 aliphatic heterocycles. The number of aliphatic hydroxyl groups is 2. The molecule has 5 aromatic rings. The number of amides is 5. The number of aliphatic hydroxyl groups excluding tert-OH is 2. The number of anilines is 3. The van der Waals surface area contributed by atoms with Crippen LogP contribution >= 0.6 is 0 Å². The highest BCUT2D eigenvalue weighted by Gasteiger charge is 2.51. The molecule has 5 heterocycles. The molecule has 2 aromatic carbocycles. The summed E-state index contributed by atoms with van der Waals surface area (Å²) in [5.41, 5.74) is 3.68. The molecule has 8 rings (SSSR count). The number of nitrogens with zero attached hydrogens (tertiary/aromatic N) is 7. The maximum Gasteiger partial charge on any atom is 0.325 e. The molecule has 0 radical (unpaired) electrons. The number of aromatic nitrogens is 5. The first kappa shape index (κ1) is 34.9. The highest BCUT2D eigenvalue weighted by Crippen LogP contribution is 2.38. The minimum Gasteiger partial charge on any atom is -0.388 e. The van der Waals surface area contributed by atoms with Crippen LogP contribution in [0.15, 0.2) is 91.5 Å². The van der Waals surface area contributed by atoms with Crippen LogP contribution in [-0.4, -0.2) is 108 Å². The summed E-state index contributed by atoms with van der Waals surface area (Å²) in [5, 5.41) is 34.5. The average Bonchev–Trinajstić information content (AvgIpc) is 3.95. The van der Waals surface area contributed by atoms with Crippen LogP contribution < -0.4 is 26.2 Å². The summed E-state index contributed by atoms with van der Waals surface area (Å²) in [6.07, 6.45) is 2.79. The molecule has 278 valence electrons. The van der Waals surface area contributed by atoms with Gasteiger partial charge in [-0.05, 0) is 43.0 Å². The summed E-state index contributed by atoms with van der Waals surface area (Å²) in [7, 11) is 0. The topological polar surface area (TPSA) is 203 Å². The molecular formula is C38H41N11O5. The maximum absolute atomic E-state index is 12.9. The van der Waals surface area contributed by atoms with Crippen molar-refractivity contribution in [2.24, 2.45) is 0 Å². The van der Waals surface area contributed by atoms with Crippen molar-refractivity contribution in [3.8, 4) is 0 Å². The summed E-state index contributed by atoms with van der Waals surface area (Å²) < 4.78 is 1.69. The van der Waals surface area contributed by atoms with E-state index in [1.165, 1.54) is 0 Å². The van der Waals surface area contributed by atoms with Gasteiger partial charge in [0.1, 0.15) is 18.2 Å². The normalized spacial score (nSPS) is 24.0. The van der Waals surface area contributed by atoms with Gasteiger partial charge < -0.3 is 40.9 Å². The maximum atomic E-state index is 12.9. The molecule has 16 nitrogen and oxygen atoms in total. The van der Waals surface area contributed by atoms with Gasteiger partial charge >= 0.3 is 12.1 Å². The molecule has 6 N–H and O–H groups in total. The largest absolute Gasteiger partial charge is 0.388 e. The summed E-state index contributed by atoms with van der Waals surface area (Å²) >= 11 is 0. The van der Waals surface area contributed by atoms with Gasteiger partial charge in [-0.25, -0.2) is 14.6 Å². The zero-order chi connectivity index (χ0) is 37.3. The first-order valence-corrected chi connectivity index (χ1v) is 18.1. The Balaban J connectivity index is 1.11. The third-order valence-electron chi connectivity index (χ3n) is 10.5. The summed E-state index contributed by atoms with van der Waals surface area (Å²) in [6, 6.07) is 20.3. The highest BCUT2D eigenvalue weighted by atomic mass is 16.3. The van der Waals surface area contributed by atoms with Crippen LogP contribution in [0.25, 0.3) is 11.2 Å². The van der Waals surface area contributed by atoms with E-state index in [0.717, 1.165) is 16.0 Å². The number of hydrogen-bond donors (Lipinski definition) is 6. The fraction of sp³-hybridized carbons (Fsp3) is 0.342. The Morgan fingerprint density at radius 1 is 0.963 bits per heavy atom. The molecule has 54 heavy (non-hydrogen) atoms. The van der Waals surface area contributed by atoms with Gasteiger partial charge in [0.2, 0.25) is 5.95 Å². The molecule has 0 unspecified atom stereocenters. The second-order valence-electron chi connectivity index (χ2n) is 14.0. The van der Waals surface area contributed by atoms with E-state index in [9.17, 15) is 24.6 Å². The lowest BCUT2D eigenvalue weighted by Gasteiger charge is -2.24.